The number of hydrogen-bond acceptors (Lipinski definition) is 5. The molecule has 0 atom stereocenters. The molecule has 0 saturated carbocycles. The molecule has 2 aromatic rings. The number of carbonyl (C=O) groups is 1. The number of ether oxygens (including phenoxy) is 2. The first-order valence-electron chi connectivity index (χ1n) is 6.84. The van der Waals surface area contributed by atoms with Crippen molar-refractivity contribution < 1.29 is 18.7 Å². The van der Waals surface area contributed by atoms with Gasteiger partial charge in [-0.15, -0.1) is 0 Å². The van der Waals surface area contributed by atoms with E-state index in [0.717, 1.165) is 5.56 Å². The summed E-state index contributed by atoms with van der Waals surface area (Å²) < 4.78 is 15.8. The highest BCUT2D eigenvalue weighted by Gasteiger charge is 2.10. The van der Waals surface area contributed by atoms with E-state index in [1.807, 2.05) is 13.0 Å². The van der Waals surface area contributed by atoms with Gasteiger partial charge in [0.2, 0.25) is 0 Å². The first-order chi connectivity index (χ1) is 10.7. The van der Waals surface area contributed by atoms with Crippen LogP contribution in [0.5, 0.6) is 11.5 Å². The molecule has 0 aliphatic heterocycles. The van der Waals surface area contributed by atoms with Gasteiger partial charge in [-0.3, -0.25) is 4.79 Å². The smallest absolute Gasteiger partial charge is 0.274 e. The summed E-state index contributed by atoms with van der Waals surface area (Å²) in [5.74, 6) is 1.51. The summed E-state index contributed by atoms with van der Waals surface area (Å²) in [6.07, 6.45) is 3.00. The normalized spacial score (nSPS) is 10.7. The number of benzene rings is 1. The molecule has 1 N–H and O–H groups in total. The predicted molar refractivity (Wildman–Crippen MR) is 82.7 cm³/mol. The highest BCUT2D eigenvalue weighted by molar-refractivity contribution is 5.95. The van der Waals surface area contributed by atoms with E-state index in [1.165, 1.54) is 12.5 Å². The Morgan fingerprint density at radius 2 is 2.18 bits per heavy atom. The number of furan rings is 1. The number of nitrogens with zero attached hydrogens (tertiary/aromatic N) is 1. The zero-order valence-electron chi connectivity index (χ0n) is 12.8. The van der Waals surface area contributed by atoms with Crippen LogP contribution < -0.4 is 14.9 Å². The minimum atomic E-state index is -0.319. The van der Waals surface area contributed by atoms with Gasteiger partial charge < -0.3 is 13.9 Å². The Bertz CT molecular complexity index is 677. The van der Waals surface area contributed by atoms with E-state index < -0.39 is 0 Å². The predicted octanol–water partition coefficient (Wildman–Crippen LogP) is 2.76. The van der Waals surface area contributed by atoms with Crippen molar-refractivity contribution in [2.75, 3.05) is 13.7 Å². The molecule has 0 unspecified atom stereocenters. The van der Waals surface area contributed by atoms with E-state index >= 15 is 0 Å². The number of hydrogen-bond donors (Lipinski definition) is 1. The summed E-state index contributed by atoms with van der Waals surface area (Å²) in [6.45, 7) is 4.18. The van der Waals surface area contributed by atoms with Gasteiger partial charge in [-0.1, -0.05) is 0 Å². The molecule has 1 heterocycles. The molecule has 1 aromatic carbocycles. The third-order valence-electron chi connectivity index (χ3n) is 2.97. The third kappa shape index (κ3) is 3.66. The number of nitrogens with one attached hydrogen (secondary N) is 1. The van der Waals surface area contributed by atoms with E-state index in [2.05, 4.69) is 10.5 Å². The van der Waals surface area contributed by atoms with E-state index in [9.17, 15) is 4.79 Å². The van der Waals surface area contributed by atoms with E-state index in [-0.39, 0.29) is 5.91 Å². The average molecular weight is 302 g/mol. The minimum absolute atomic E-state index is 0.319. The van der Waals surface area contributed by atoms with Gasteiger partial charge in [0.15, 0.2) is 11.5 Å². The zero-order valence-corrected chi connectivity index (χ0v) is 12.8. The fourth-order valence-electron chi connectivity index (χ4n) is 1.89. The van der Waals surface area contributed by atoms with Gasteiger partial charge in [-0.05, 0) is 43.7 Å². The van der Waals surface area contributed by atoms with Gasteiger partial charge in [-0.25, -0.2) is 5.43 Å². The zero-order chi connectivity index (χ0) is 15.9. The molecule has 22 heavy (non-hydrogen) atoms. The Balaban J connectivity index is 2.04. The number of aryl methyl sites for hydroxylation is 1. The molecular weight excluding hydrogens is 284 g/mol. The molecule has 1 aromatic heterocycles. The SMILES string of the molecule is CCOc1ccc(/C=N/NC(=O)c2ccoc2C)cc1OC. The summed E-state index contributed by atoms with van der Waals surface area (Å²) in [5.41, 5.74) is 3.69. The van der Waals surface area contributed by atoms with E-state index in [4.69, 9.17) is 13.9 Å². The van der Waals surface area contributed by atoms with Crippen molar-refractivity contribution in [1.82, 2.24) is 5.43 Å². The largest absolute Gasteiger partial charge is 0.493 e. The van der Waals surface area contributed by atoms with Crippen LogP contribution in [0.3, 0.4) is 0 Å². The maximum Gasteiger partial charge on any atom is 0.274 e. The van der Waals surface area contributed by atoms with Crippen molar-refractivity contribution in [2.45, 2.75) is 13.8 Å². The molecule has 0 saturated heterocycles. The van der Waals surface area contributed by atoms with Gasteiger partial charge in [0, 0.05) is 0 Å². The van der Waals surface area contributed by atoms with Crippen LogP contribution in [0.4, 0.5) is 0 Å². The first-order valence-corrected chi connectivity index (χ1v) is 6.84. The van der Waals surface area contributed by atoms with Crippen molar-refractivity contribution in [3.63, 3.8) is 0 Å². The minimum Gasteiger partial charge on any atom is -0.493 e. The van der Waals surface area contributed by atoms with Crippen molar-refractivity contribution in [2.24, 2.45) is 5.10 Å². The molecule has 1 amide bonds. The monoisotopic (exact) mass is 302 g/mol. The highest BCUT2D eigenvalue weighted by atomic mass is 16.5. The first kappa shape index (κ1) is 15.6. The summed E-state index contributed by atoms with van der Waals surface area (Å²) in [6, 6.07) is 7.00. The van der Waals surface area contributed by atoms with Gasteiger partial charge in [0.05, 0.1) is 31.8 Å². The lowest BCUT2D eigenvalue weighted by molar-refractivity contribution is 0.0953. The Hall–Kier alpha value is -2.76. The molecule has 6 nitrogen and oxygen atoms in total. The topological polar surface area (TPSA) is 73.1 Å². The fraction of sp³-hybridized carbons (Fsp3) is 0.250. The van der Waals surface area contributed by atoms with Crippen molar-refractivity contribution in [3.8, 4) is 11.5 Å². The summed E-state index contributed by atoms with van der Waals surface area (Å²) in [7, 11) is 1.57. The van der Waals surface area contributed by atoms with Crippen LogP contribution in [-0.4, -0.2) is 25.8 Å². The number of amides is 1. The van der Waals surface area contributed by atoms with Gasteiger partial charge in [0.1, 0.15) is 5.76 Å². The van der Waals surface area contributed by atoms with E-state index in [1.54, 1.807) is 32.2 Å². The second-order valence-electron chi connectivity index (χ2n) is 4.43. The van der Waals surface area contributed by atoms with Crippen LogP contribution in [0, 0.1) is 6.92 Å². The lowest BCUT2D eigenvalue weighted by atomic mass is 10.2. The van der Waals surface area contributed by atoms with Gasteiger partial charge >= 0.3 is 0 Å². The fourth-order valence-corrected chi connectivity index (χ4v) is 1.89. The van der Waals surface area contributed by atoms with Gasteiger partial charge in [-0.2, -0.15) is 5.10 Å². The Morgan fingerprint density at radius 1 is 1.36 bits per heavy atom. The van der Waals surface area contributed by atoms with Crippen LogP contribution in [0.1, 0.15) is 28.6 Å². The average Bonchev–Trinajstić information content (AvgIpc) is 2.95. The van der Waals surface area contributed by atoms with Crippen LogP contribution in [-0.2, 0) is 0 Å². The molecule has 116 valence electrons. The van der Waals surface area contributed by atoms with Crippen molar-refractivity contribution in [3.05, 3.63) is 47.4 Å². The molecule has 0 radical (unpaired) electrons. The lowest BCUT2D eigenvalue weighted by Crippen LogP contribution is -2.17. The molecule has 0 fully saturated rings. The molecule has 0 aliphatic carbocycles. The van der Waals surface area contributed by atoms with Crippen molar-refractivity contribution >= 4 is 12.1 Å². The lowest BCUT2D eigenvalue weighted by Gasteiger charge is -2.09. The van der Waals surface area contributed by atoms with Gasteiger partial charge in [0.25, 0.3) is 5.91 Å². The summed E-state index contributed by atoms with van der Waals surface area (Å²) in [5, 5.41) is 3.93. The number of methoxy groups -OCH3 is 1. The summed E-state index contributed by atoms with van der Waals surface area (Å²) in [4.78, 5) is 11.8. The second-order valence-corrected chi connectivity index (χ2v) is 4.43. The highest BCUT2D eigenvalue weighted by Crippen LogP contribution is 2.27. The Morgan fingerprint density at radius 3 is 2.82 bits per heavy atom. The van der Waals surface area contributed by atoms with Crippen LogP contribution >= 0.6 is 0 Å². The standard InChI is InChI=1S/C16H18N2O4/c1-4-21-14-6-5-12(9-15(14)20-3)10-17-18-16(19)13-7-8-22-11(13)2/h5-10H,4H2,1-3H3,(H,18,19)/b17-10+. The molecule has 6 heteroatoms. The van der Waals surface area contributed by atoms with Crippen LogP contribution in [0.15, 0.2) is 40.0 Å². The maximum atomic E-state index is 11.8. The number of carbonyl (C=O) groups excluding carboxylic acids is 1. The van der Waals surface area contributed by atoms with Crippen molar-refractivity contribution in [1.29, 1.82) is 0 Å². The molecule has 0 spiro atoms. The second kappa shape index (κ2) is 7.31. The maximum absolute atomic E-state index is 11.8. The van der Waals surface area contributed by atoms with Crippen LogP contribution in [0.2, 0.25) is 0 Å². The van der Waals surface area contributed by atoms with Crippen LogP contribution in [0.25, 0.3) is 0 Å². The molecule has 2 rings (SSSR count). The number of hydrazone groups is 1. The Labute approximate surface area is 128 Å². The number of rotatable bonds is 6. The van der Waals surface area contributed by atoms with E-state index in [0.29, 0.717) is 29.4 Å². The summed E-state index contributed by atoms with van der Waals surface area (Å²) >= 11 is 0. The Kier molecular flexibility index (Phi) is 5.19. The third-order valence-corrected chi connectivity index (χ3v) is 2.97. The quantitative estimate of drug-likeness (QED) is 0.658. The molecule has 0 aliphatic rings. The molecule has 0 bridgehead atoms. The molecular formula is C16H18N2O4.